The highest BCUT2D eigenvalue weighted by molar-refractivity contribution is 5.78. The molecule has 19 heavy (non-hydrogen) atoms. The van der Waals surface area contributed by atoms with Crippen LogP contribution < -0.4 is 15.8 Å². The molecule has 0 aromatic heterocycles. The summed E-state index contributed by atoms with van der Waals surface area (Å²) in [5, 5.41) is 3.15. The van der Waals surface area contributed by atoms with Crippen LogP contribution in [0.4, 0.5) is 0 Å². The van der Waals surface area contributed by atoms with Crippen LogP contribution in [-0.2, 0) is 0 Å². The number of hydrogen-bond donors (Lipinski definition) is 2. The predicted molar refractivity (Wildman–Crippen MR) is 80.8 cm³/mol. The number of rotatable bonds is 4. The van der Waals surface area contributed by atoms with Gasteiger partial charge in [0.1, 0.15) is 5.75 Å². The number of para-hydroxylation sites is 1. The number of guanidine groups is 1. The van der Waals surface area contributed by atoms with Gasteiger partial charge in [-0.05, 0) is 32.4 Å². The van der Waals surface area contributed by atoms with E-state index in [2.05, 4.69) is 44.1 Å². The van der Waals surface area contributed by atoms with Gasteiger partial charge >= 0.3 is 0 Å². The first kappa shape index (κ1) is 15.3. The first-order chi connectivity index (χ1) is 8.83. The maximum Gasteiger partial charge on any atom is 0.189 e. The van der Waals surface area contributed by atoms with E-state index in [0.717, 1.165) is 11.3 Å². The van der Waals surface area contributed by atoms with Crippen LogP contribution in [-0.4, -0.2) is 25.2 Å². The van der Waals surface area contributed by atoms with Crippen LogP contribution in [0.25, 0.3) is 0 Å². The Morgan fingerprint density at radius 2 is 2.00 bits per heavy atom. The van der Waals surface area contributed by atoms with Crippen molar-refractivity contribution in [2.75, 3.05) is 13.7 Å². The van der Waals surface area contributed by atoms with Crippen LogP contribution in [0, 0.1) is 0 Å². The molecule has 106 valence electrons. The zero-order chi connectivity index (χ0) is 14.5. The molecular formula is C15H25N3O. The van der Waals surface area contributed by atoms with E-state index in [4.69, 9.17) is 10.5 Å². The summed E-state index contributed by atoms with van der Waals surface area (Å²) >= 11 is 0. The van der Waals surface area contributed by atoms with Gasteiger partial charge in [0, 0.05) is 18.0 Å². The Morgan fingerprint density at radius 1 is 1.37 bits per heavy atom. The molecule has 0 aliphatic carbocycles. The van der Waals surface area contributed by atoms with Crippen molar-refractivity contribution in [3.05, 3.63) is 29.8 Å². The van der Waals surface area contributed by atoms with Crippen molar-refractivity contribution in [1.82, 2.24) is 5.32 Å². The Balaban J connectivity index is 2.69. The quantitative estimate of drug-likeness (QED) is 0.648. The van der Waals surface area contributed by atoms with Gasteiger partial charge in [-0.3, -0.25) is 4.99 Å². The van der Waals surface area contributed by atoms with Gasteiger partial charge in [-0.25, -0.2) is 0 Å². The predicted octanol–water partition coefficient (Wildman–Crippen LogP) is 2.50. The van der Waals surface area contributed by atoms with Gasteiger partial charge in [-0.15, -0.1) is 0 Å². The Bertz CT molecular complexity index is 435. The SMILES string of the molecule is COc1ccccc1C(C)CN=C(N)NC(C)(C)C. The third kappa shape index (κ3) is 5.20. The van der Waals surface area contributed by atoms with Crippen LogP contribution in [0.3, 0.4) is 0 Å². The zero-order valence-electron chi connectivity index (χ0n) is 12.5. The molecule has 0 aliphatic rings. The summed E-state index contributed by atoms with van der Waals surface area (Å²) in [5.74, 6) is 1.64. The topological polar surface area (TPSA) is 59.6 Å². The fraction of sp³-hybridized carbons (Fsp3) is 0.533. The standard InChI is InChI=1S/C15H25N3O/c1-11(10-17-14(16)18-15(2,3)4)12-8-6-7-9-13(12)19-5/h6-9,11H,10H2,1-5H3,(H3,16,17,18). The smallest absolute Gasteiger partial charge is 0.189 e. The third-order valence-corrected chi connectivity index (χ3v) is 2.71. The average Bonchev–Trinajstić information content (AvgIpc) is 2.33. The minimum absolute atomic E-state index is 0.0682. The van der Waals surface area contributed by atoms with Gasteiger partial charge in [0.25, 0.3) is 0 Å². The molecule has 0 amide bonds. The second-order valence-electron chi connectivity index (χ2n) is 5.74. The van der Waals surface area contributed by atoms with Crippen molar-refractivity contribution in [3.8, 4) is 5.75 Å². The Hall–Kier alpha value is -1.71. The molecule has 1 atom stereocenters. The van der Waals surface area contributed by atoms with Crippen molar-refractivity contribution in [2.45, 2.75) is 39.2 Å². The molecule has 4 nitrogen and oxygen atoms in total. The second kappa shape index (κ2) is 6.45. The Kier molecular flexibility index (Phi) is 5.21. The molecule has 0 saturated carbocycles. The Labute approximate surface area is 116 Å². The number of nitrogens with two attached hydrogens (primary N) is 1. The maximum absolute atomic E-state index is 5.86. The lowest BCUT2D eigenvalue weighted by Gasteiger charge is -2.21. The van der Waals surface area contributed by atoms with Gasteiger partial charge in [0.2, 0.25) is 0 Å². The second-order valence-corrected chi connectivity index (χ2v) is 5.74. The number of aliphatic imine (C=N–C) groups is 1. The van der Waals surface area contributed by atoms with Crippen LogP contribution in [0.1, 0.15) is 39.2 Å². The highest BCUT2D eigenvalue weighted by atomic mass is 16.5. The molecule has 4 heteroatoms. The van der Waals surface area contributed by atoms with Crippen molar-refractivity contribution >= 4 is 5.96 Å². The molecule has 1 unspecified atom stereocenters. The molecule has 0 fully saturated rings. The van der Waals surface area contributed by atoms with E-state index in [1.54, 1.807) is 7.11 Å². The molecular weight excluding hydrogens is 238 g/mol. The molecule has 1 aromatic carbocycles. The molecule has 0 radical (unpaired) electrons. The summed E-state index contributed by atoms with van der Waals surface area (Å²) in [4.78, 5) is 4.39. The van der Waals surface area contributed by atoms with Gasteiger partial charge in [-0.2, -0.15) is 0 Å². The summed E-state index contributed by atoms with van der Waals surface area (Å²) in [6.45, 7) is 8.91. The minimum Gasteiger partial charge on any atom is -0.496 e. The normalized spacial score (nSPS) is 14.1. The van der Waals surface area contributed by atoms with E-state index in [1.165, 1.54) is 0 Å². The summed E-state index contributed by atoms with van der Waals surface area (Å²) < 4.78 is 5.36. The van der Waals surface area contributed by atoms with Gasteiger partial charge < -0.3 is 15.8 Å². The van der Waals surface area contributed by atoms with Crippen LogP contribution in [0.2, 0.25) is 0 Å². The highest BCUT2D eigenvalue weighted by Gasteiger charge is 2.12. The van der Waals surface area contributed by atoms with Crippen molar-refractivity contribution in [3.63, 3.8) is 0 Å². The van der Waals surface area contributed by atoms with E-state index >= 15 is 0 Å². The van der Waals surface area contributed by atoms with Gasteiger partial charge in [0.15, 0.2) is 5.96 Å². The summed E-state index contributed by atoms with van der Waals surface area (Å²) in [6.07, 6.45) is 0. The maximum atomic E-state index is 5.86. The largest absolute Gasteiger partial charge is 0.496 e. The first-order valence-corrected chi connectivity index (χ1v) is 6.54. The average molecular weight is 263 g/mol. The summed E-state index contributed by atoms with van der Waals surface area (Å²) in [5.41, 5.74) is 6.95. The Morgan fingerprint density at radius 3 is 2.58 bits per heavy atom. The molecule has 1 rings (SSSR count). The summed E-state index contributed by atoms with van der Waals surface area (Å²) in [6, 6.07) is 8.00. The fourth-order valence-electron chi connectivity index (χ4n) is 1.83. The fourth-order valence-corrected chi connectivity index (χ4v) is 1.83. The number of nitrogens with one attached hydrogen (secondary N) is 1. The van der Waals surface area contributed by atoms with E-state index in [1.807, 2.05) is 18.2 Å². The van der Waals surface area contributed by atoms with Crippen LogP contribution in [0.15, 0.2) is 29.3 Å². The molecule has 0 bridgehead atoms. The lowest BCUT2D eigenvalue weighted by molar-refractivity contribution is 0.406. The third-order valence-electron chi connectivity index (χ3n) is 2.71. The number of methoxy groups -OCH3 is 1. The number of benzene rings is 1. The van der Waals surface area contributed by atoms with E-state index in [9.17, 15) is 0 Å². The lowest BCUT2D eigenvalue weighted by Crippen LogP contribution is -2.45. The lowest BCUT2D eigenvalue weighted by atomic mass is 10.0. The molecule has 0 spiro atoms. The molecule has 0 heterocycles. The van der Waals surface area contributed by atoms with Gasteiger partial charge in [0.05, 0.1) is 7.11 Å². The molecule has 1 aromatic rings. The van der Waals surface area contributed by atoms with Crippen molar-refractivity contribution in [2.24, 2.45) is 10.7 Å². The summed E-state index contributed by atoms with van der Waals surface area (Å²) in [7, 11) is 1.68. The van der Waals surface area contributed by atoms with Crippen molar-refractivity contribution in [1.29, 1.82) is 0 Å². The highest BCUT2D eigenvalue weighted by Crippen LogP contribution is 2.26. The van der Waals surface area contributed by atoms with Gasteiger partial charge in [-0.1, -0.05) is 25.1 Å². The number of ether oxygens (including phenoxy) is 1. The van der Waals surface area contributed by atoms with Crippen LogP contribution >= 0.6 is 0 Å². The van der Waals surface area contributed by atoms with Crippen LogP contribution in [0.5, 0.6) is 5.75 Å². The minimum atomic E-state index is -0.0682. The zero-order valence-corrected chi connectivity index (χ0v) is 12.5. The molecule has 0 saturated heterocycles. The van der Waals surface area contributed by atoms with E-state index < -0.39 is 0 Å². The van der Waals surface area contributed by atoms with E-state index in [-0.39, 0.29) is 11.5 Å². The molecule has 3 N–H and O–H groups in total. The first-order valence-electron chi connectivity index (χ1n) is 6.54. The number of nitrogens with zero attached hydrogens (tertiary/aromatic N) is 1. The van der Waals surface area contributed by atoms with Crippen molar-refractivity contribution < 1.29 is 4.74 Å². The monoisotopic (exact) mass is 263 g/mol. The molecule has 0 aliphatic heterocycles. The number of hydrogen-bond acceptors (Lipinski definition) is 2. The van der Waals surface area contributed by atoms with E-state index in [0.29, 0.717) is 12.5 Å².